The van der Waals surface area contributed by atoms with Gasteiger partial charge in [-0.25, -0.2) is 0 Å². The summed E-state index contributed by atoms with van der Waals surface area (Å²) >= 11 is 0. The van der Waals surface area contributed by atoms with Crippen LogP contribution in [0, 0.1) is 5.92 Å². The lowest BCUT2D eigenvalue weighted by molar-refractivity contribution is 0.227. The molecule has 1 spiro atoms. The topological polar surface area (TPSA) is 24.1 Å². The van der Waals surface area contributed by atoms with Crippen LogP contribution in [0.4, 0.5) is 0 Å². The van der Waals surface area contributed by atoms with E-state index in [2.05, 4.69) is 10.6 Å². The van der Waals surface area contributed by atoms with Crippen molar-refractivity contribution in [3.63, 3.8) is 0 Å². The van der Waals surface area contributed by atoms with Crippen LogP contribution in [0.2, 0.25) is 0 Å². The second-order valence-electron chi connectivity index (χ2n) is 5.19. The van der Waals surface area contributed by atoms with Gasteiger partial charge in [-0.1, -0.05) is 12.8 Å². The molecule has 2 heteroatoms. The molecule has 1 atom stereocenters. The quantitative estimate of drug-likeness (QED) is 0.635. The Morgan fingerprint density at radius 3 is 2.38 bits per heavy atom. The Hall–Kier alpha value is -0.0800. The molecule has 0 aromatic rings. The van der Waals surface area contributed by atoms with Crippen molar-refractivity contribution in [2.45, 2.75) is 50.1 Å². The molecular formula is C11H20N2. The Labute approximate surface area is 80.5 Å². The van der Waals surface area contributed by atoms with Crippen molar-refractivity contribution >= 4 is 0 Å². The van der Waals surface area contributed by atoms with Crippen LogP contribution in [0.1, 0.15) is 38.5 Å². The summed E-state index contributed by atoms with van der Waals surface area (Å²) in [4.78, 5) is 0. The Morgan fingerprint density at radius 1 is 1.08 bits per heavy atom. The Bertz CT molecular complexity index is 182. The maximum atomic E-state index is 3.80. The molecule has 1 aliphatic heterocycles. The molecule has 2 saturated carbocycles. The minimum atomic E-state index is 0.505. The molecule has 0 radical (unpaired) electrons. The molecule has 3 fully saturated rings. The van der Waals surface area contributed by atoms with Gasteiger partial charge < -0.3 is 10.6 Å². The van der Waals surface area contributed by atoms with E-state index in [0.717, 1.165) is 12.0 Å². The molecule has 0 amide bonds. The third-order valence-corrected chi connectivity index (χ3v) is 4.15. The minimum absolute atomic E-state index is 0.505. The van der Waals surface area contributed by atoms with E-state index in [9.17, 15) is 0 Å². The van der Waals surface area contributed by atoms with Gasteiger partial charge in [-0.05, 0) is 31.6 Å². The van der Waals surface area contributed by atoms with Crippen LogP contribution < -0.4 is 10.6 Å². The number of nitrogens with one attached hydrogen (secondary N) is 2. The van der Waals surface area contributed by atoms with Crippen molar-refractivity contribution in [3.8, 4) is 0 Å². The lowest BCUT2D eigenvalue weighted by Gasteiger charge is -2.39. The van der Waals surface area contributed by atoms with Gasteiger partial charge in [-0.3, -0.25) is 0 Å². The third-order valence-electron chi connectivity index (χ3n) is 4.15. The van der Waals surface area contributed by atoms with E-state index in [0.29, 0.717) is 5.54 Å². The molecule has 2 nitrogen and oxygen atoms in total. The smallest absolute Gasteiger partial charge is 0.0307 e. The van der Waals surface area contributed by atoms with Crippen LogP contribution in [0.3, 0.4) is 0 Å². The first-order valence-electron chi connectivity index (χ1n) is 5.86. The highest BCUT2D eigenvalue weighted by Gasteiger charge is 2.41. The summed E-state index contributed by atoms with van der Waals surface area (Å²) in [5.74, 6) is 1.01. The van der Waals surface area contributed by atoms with Gasteiger partial charge in [-0.15, -0.1) is 0 Å². The second kappa shape index (κ2) is 2.96. The molecule has 3 aliphatic rings. The average molecular weight is 180 g/mol. The predicted octanol–water partition coefficient (Wildman–Crippen LogP) is 1.27. The molecule has 74 valence electrons. The molecule has 1 saturated heterocycles. The lowest BCUT2D eigenvalue weighted by Crippen LogP contribution is -2.62. The molecular weight excluding hydrogens is 160 g/mol. The first kappa shape index (κ1) is 8.25. The fraction of sp³-hybridized carbons (Fsp3) is 1.00. The zero-order valence-corrected chi connectivity index (χ0v) is 8.31. The highest BCUT2D eigenvalue weighted by Crippen LogP contribution is 2.36. The monoisotopic (exact) mass is 180 g/mol. The molecule has 1 unspecified atom stereocenters. The van der Waals surface area contributed by atoms with Gasteiger partial charge in [0.1, 0.15) is 0 Å². The van der Waals surface area contributed by atoms with Gasteiger partial charge in [0.05, 0.1) is 0 Å². The van der Waals surface area contributed by atoms with E-state index in [-0.39, 0.29) is 0 Å². The van der Waals surface area contributed by atoms with E-state index >= 15 is 0 Å². The summed E-state index contributed by atoms with van der Waals surface area (Å²) < 4.78 is 0. The number of hydrogen-bond acceptors (Lipinski definition) is 2. The van der Waals surface area contributed by atoms with Crippen molar-refractivity contribution in [2.75, 3.05) is 13.1 Å². The fourth-order valence-corrected chi connectivity index (χ4v) is 3.02. The Morgan fingerprint density at radius 2 is 1.85 bits per heavy atom. The van der Waals surface area contributed by atoms with E-state index in [1.807, 2.05) is 0 Å². The van der Waals surface area contributed by atoms with Gasteiger partial charge in [-0.2, -0.15) is 0 Å². The minimum Gasteiger partial charge on any atom is -0.311 e. The summed E-state index contributed by atoms with van der Waals surface area (Å²) in [7, 11) is 0. The highest BCUT2D eigenvalue weighted by molar-refractivity contribution is 5.02. The Kier molecular flexibility index (Phi) is 1.88. The normalized spacial score (nSPS) is 38.3. The maximum absolute atomic E-state index is 3.80. The summed E-state index contributed by atoms with van der Waals surface area (Å²) in [5, 5.41) is 7.55. The van der Waals surface area contributed by atoms with Crippen LogP contribution >= 0.6 is 0 Å². The zero-order valence-electron chi connectivity index (χ0n) is 8.31. The molecule has 0 bridgehead atoms. The summed E-state index contributed by atoms with van der Waals surface area (Å²) in [5.41, 5.74) is 0.505. The maximum Gasteiger partial charge on any atom is 0.0307 e. The molecule has 2 N–H and O–H groups in total. The summed E-state index contributed by atoms with van der Waals surface area (Å²) in [6.45, 7) is 2.46. The molecule has 0 aromatic heterocycles. The van der Waals surface area contributed by atoms with Gasteiger partial charge in [0, 0.05) is 24.7 Å². The third kappa shape index (κ3) is 1.50. The van der Waals surface area contributed by atoms with Gasteiger partial charge in [0.25, 0.3) is 0 Å². The van der Waals surface area contributed by atoms with Gasteiger partial charge in [0.2, 0.25) is 0 Å². The summed E-state index contributed by atoms with van der Waals surface area (Å²) in [6.07, 6.45) is 8.60. The number of rotatable bonds is 1. The fourth-order valence-electron chi connectivity index (χ4n) is 3.02. The van der Waals surface area contributed by atoms with Gasteiger partial charge >= 0.3 is 0 Å². The summed E-state index contributed by atoms with van der Waals surface area (Å²) in [6, 6.07) is 0.797. The molecule has 3 rings (SSSR count). The number of piperazine rings is 1. The van der Waals surface area contributed by atoms with Gasteiger partial charge in [0.15, 0.2) is 0 Å². The van der Waals surface area contributed by atoms with Crippen molar-refractivity contribution < 1.29 is 0 Å². The zero-order chi connectivity index (χ0) is 8.73. The van der Waals surface area contributed by atoms with Crippen LogP contribution in [0.5, 0.6) is 0 Å². The lowest BCUT2D eigenvalue weighted by atomic mass is 9.93. The number of hydrogen-bond donors (Lipinski definition) is 2. The SMILES string of the molecule is C1CCC2(C1)CNC(C1CC1)CN2. The van der Waals surface area contributed by atoms with Crippen molar-refractivity contribution in [2.24, 2.45) is 5.92 Å². The van der Waals surface area contributed by atoms with Crippen molar-refractivity contribution in [3.05, 3.63) is 0 Å². The highest BCUT2D eigenvalue weighted by atomic mass is 15.1. The molecule has 0 aromatic carbocycles. The standard InChI is InChI=1S/C11H20N2/c1-2-6-11(5-1)8-12-10(7-13-11)9-3-4-9/h9-10,12-13H,1-8H2. The molecule has 1 heterocycles. The van der Waals surface area contributed by atoms with Crippen LogP contribution in [-0.4, -0.2) is 24.7 Å². The average Bonchev–Trinajstić information content (AvgIpc) is 2.91. The largest absolute Gasteiger partial charge is 0.311 e. The van der Waals surface area contributed by atoms with Crippen LogP contribution in [0.15, 0.2) is 0 Å². The van der Waals surface area contributed by atoms with E-state index in [1.165, 1.54) is 51.6 Å². The van der Waals surface area contributed by atoms with E-state index in [1.54, 1.807) is 0 Å². The second-order valence-corrected chi connectivity index (χ2v) is 5.19. The van der Waals surface area contributed by atoms with Crippen LogP contribution in [-0.2, 0) is 0 Å². The first-order valence-corrected chi connectivity index (χ1v) is 5.86. The predicted molar refractivity (Wildman–Crippen MR) is 53.7 cm³/mol. The van der Waals surface area contributed by atoms with E-state index < -0.39 is 0 Å². The molecule has 2 aliphatic carbocycles. The first-order chi connectivity index (χ1) is 6.38. The van der Waals surface area contributed by atoms with Crippen LogP contribution in [0.25, 0.3) is 0 Å². The molecule has 13 heavy (non-hydrogen) atoms. The van der Waals surface area contributed by atoms with E-state index in [4.69, 9.17) is 0 Å². The van der Waals surface area contributed by atoms with Crippen molar-refractivity contribution in [1.82, 2.24) is 10.6 Å². The van der Waals surface area contributed by atoms with Crippen molar-refractivity contribution in [1.29, 1.82) is 0 Å². The Balaban J connectivity index is 1.59.